The second-order valence-electron chi connectivity index (χ2n) is 7.56. The molecule has 5 heteroatoms. The number of nitrogens with zero attached hydrogens (tertiary/aromatic N) is 1. The summed E-state index contributed by atoms with van der Waals surface area (Å²) in [6, 6.07) is 16.2. The van der Waals surface area contributed by atoms with Crippen LogP contribution in [-0.2, 0) is 17.8 Å². The molecule has 0 unspecified atom stereocenters. The fraction of sp³-hybridized carbons (Fsp3) is 0.320. The van der Waals surface area contributed by atoms with Gasteiger partial charge in [-0.25, -0.2) is 0 Å². The zero-order valence-electron chi connectivity index (χ0n) is 18.1. The molecule has 3 rings (SSSR count). The molecular formula is C25H29NO4. The van der Waals surface area contributed by atoms with Gasteiger partial charge in [-0.1, -0.05) is 17.7 Å². The van der Waals surface area contributed by atoms with Gasteiger partial charge in [-0.05, 0) is 80.3 Å². The van der Waals surface area contributed by atoms with E-state index in [-0.39, 0.29) is 6.42 Å². The maximum atomic E-state index is 11.1. The van der Waals surface area contributed by atoms with Crippen molar-refractivity contribution in [1.29, 1.82) is 0 Å². The minimum absolute atomic E-state index is 0.100. The first-order chi connectivity index (χ1) is 14.4. The van der Waals surface area contributed by atoms with E-state index in [4.69, 9.17) is 14.6 Å². The number of ether oxygens (including phenoxy) is 2. The van der Waals surface area contributed by atoms with Crippen molar-refractivity contribution in [1.82, 2.24) is 4.57 Å². The Kier molecular flexibility index (Phi) is 6.83. The Morgan fingerprint density at radius 1 is 1.00 bits per heavy atom. The summed E-state index contributed by atoms with van der Waals surface area (Å²) in [5, 5.41) is 9.11. The summed E-state index contributed by atoms with van der Waals surface area (Å²) in [5.41, 5.74) is 6.56. The normalized spacial score (nSPS) is 10.8. The summed E-state index contributed by atoms with van der Waals surface area (Å²) < 4.78 is 13.6. The van der Waals surface area contributed by atoms with Gasteiger partial charge in [0.15, 0.2) is 0 Å². The Morgan fingerprint density at radius 3 is 2.27 bits per heavy atom. The Hall–Kier alpha value is -3.21. The van der Waals surface area contributed by atoms with Gasteiger partial charge in [0, 0.05) is 11.4 Å². The number of carbonyl (C=O) groups is 1. The Bertz CT molecular complexity index is 995. The third kappa shape index (κ3) is 5.03. The molecule has 0 spiro atoms. The van der Waals surface area contributed by atoms with Gasteiger partial charge in [0.25, 0.3) is 0 Å². The monoisotopic (exact) mass is 407 g/mol. The van der Waals surface area contributed by atoms with Crippen molar-refractivity contribution >= 4 is 5.97 Å². The van der Waals surface area contributed by atoms with E-state index < -0.39 is 5.97 Å². The molecule has 158 valence electrons. The highest BCUT2D eigenvalue weighted by Gasteiger charge is 2.13. The second-order valence-corrected chi connectivity index (χ2v) is 7.56. The molecule has 1 N–H and O–H groups in total. The third-order valence-electron chi connectivity index (χ3n) is 5.22. The molecule has 0 radical (unpaired) electrons. The van der Waals surface area contributed by atoms with Crippen LogP contribution in [0.2, 0.25) is 0 Å². The Labute approximate surface area is 177 Å². The summed E-state index contributed by atoms with van der Waals surface area (Å²) in [7, 11) is 1.65. The van der Waals surface area contributed by atoms with Gasteiger partial charge in [-0.3, -0.25) is 4.79 Å². The second kappa shape index (κ2) is 9.53. The molecular weight excluding hydrogens is 378 g/mol. The highest BCUT2D eigenvalue weighted by Crippen LogP contribution is 2.27. The largest absolute Gasteiger partial charge is 0.497 e. The van der Waals surface area contributed by atoms with E-state index in [1.807, 2.05) is 36.4 Å². The summed E-state index contributed by atoms with van der Waals surface area (Å²) >= 11 is 0. The third-order valence-corrected chi connectivity index (χ3v) is 5.22. The number of aryl methyl sites for hydroxylation is 4. The molecule has 0 saturated heterocycles. The van der Waals surface area contributed by atoms with Crippen molar-refractivity contribution in [2.45, 2.75) is 40.2 Å². The van der Waals surface area contributed by atoms with Gasteiger partial charge in [0.1, 0.15) is 18.1 Å². The van der Waals surface area contributed by atoms with E-state index in [0.29, 0.717) is 19.6 Å². The van der Waals surface area contributed by atoms with Crippen molar-refractivity contribution in [2.24, 2.45) is 0 Å². The quantitative estimate of drug-likeness (QED) is 0.531. The molecule has 0 fully saturated rings. The topological polar surface area (TPSA) is 60.7 Å². The standard InChI is InChI=1S/C25H29NO4/c1-17-15-18(2)25(19(3)16-17)30-14-13-26-21(8-12-24(27)28)7-11-23(26)20-5-9-22(29-4)10-6-20/h5-7,9-11,15-16H,8,12-14H2,1-4H3,(H,27,28). The molecule has 0 aliphatic carbocycles. The highest BCUT2D eigenvalue weighted by atomic mass is 16.5. The van der Waals surface area contributed by atoms with Crippen molar-refractivity contribution in [3.63, 3.8) is 0 Å². The van der Waals surface area contributed by atoms with Crippen LogP contribution in [0.4, 0.5) is 0 Å². The molecule has 1 aromatic heterocycles. The molecule has 0 amide bonds. The van der Waals surface area contributed by atoms with Crippen molar-refractivity contribution in [3.05, 3.63) is 70.9 Å². The lowest BCUT2D eigenvalue weighted by Crippen LogP contribution is -2.13. The van der Waals surface area contributed by atoms with E-state index in [1.54, 1.807) is 7.11 Å². The number of methoxy groups -OCH3 is 1. The fourth-order valence-corrected chi connectivity index (χ4v) is 3.87. The molecule has 0 saturated carbocycles. The van der Waals surface area contributed by atoms with Gasteiger partial charge < -0.3 is 19.1 Å². The van der Waals surface area contributed by atoms with E-state index in [1.165, 1.54) is 5.56 Å². The van der Waals surface area contributed by atoms with E-state index in [0.717, 1.165) is 39.6 Å². The van der Waals surface area contributed by atoms with Gasteiger partial charge >= 0.3 is 5.97 Å². The number of hydrogen-bond donors (Lipinski definition) is 1. The van der Waals surface area contributed by atoms with Crippen LogP contribution in [0, 0.1) is 20.8 Å². The van der Waals surface area contributed by atoms with Crippen LogP contribution in [-0.4, -0.2) is 29.4 Å². The molecule has 0 bridgehead atoms. The highest BCUT2D eigenvalue weighted by molar-refractivity contribution is 5.67. The zero-order valence-corrected chi connectivity index (χ0v) is 18.1. The SMILES string of the molecule is COc1ccc(-c2ccc(CCC(=O)O)n2CCOc2c(C)cc(C)cc2C)cc1. The molecule has 5 nitrogen and oxygen atoms in total. The minimum atomic E-state index is -0.795. The number of aliphatic carboxylic acids is 1. The molecule has 1 heterocycles. The number of aromatic nitrogens is 1. The Morgan fingerprint density at radius 2 is 1.67 bits per heavy atom. The van der Waals surface area contributed by atoms with Crippen LogP contribution in [0.1, 0.15) is 28.8 Å². The van der Waals surface area contributed by atoms with Crippen molar-refractivity contribution < 1.29 is 19.4 Å². The first-order valence-electron chi connectivity index (χ1n) is 10.1. The van der Waals surface area contributed by atoms with Gasteiger partial charge in [0.05, 0.1) is 20.1 Å². The molecule has 2 aromatic carbocycles. The van der Waals surface area contributed by atoms with Crippen LogP contribution in [0.25, 0.3) is 11.3 Å². The van der Waals surface area contributed by atoms with Crippen molar-refractivity contribution in [2.75, 3.05) is 13.7 Å². The number of hydrogen-bond acceptors (Lipinski definition) is 3. The van der Waals surface area contributed by atoms with E-state index >= 15 is 0 Å². The summed E-state index contributed by atoms with van der Waals surface area (Å²) in [6.45, 7) is 7.34. The molecule has 30 heavy (non-hydrogen) atoms. The van der Waals surface area contributed by atoms with Crippen LogP contribution in [0.5, 0.6) is 11.5 Å². The lowest BCUT2D eigenvalue weighted by molar-refractivity contribution is -0.136. The maximum absolute atomic E-state index is 11.1. The van der Waals surface area contributed by atoms with Gasteiger partial charge in [0.2, 0.25) is 0 Å². The molecule has 0 atom stereocenters. The van der Waals surface area contributed by atoms with Gasteiger partial charge in [-0.2, -0.15) is 0 Å². The average molecular weight is 408 g/mol. The predicted octanol–water partition coefficient (Wildman–Crippen LogP) is 5.19. The van der Waals surface area contributed by atoms with Crippen molar-refractivity contribution in [3.8, 4) is 22.8 Å². The van der Waals surface area contributed by atoms with Gasteiger partial charge in [-0.15, -0.1) is 0 Å². The minimum Gasteiger partial charge on any atom is -0.497 e. The van der Waals surface area contributed by atoms with Crippen LogP contribution in [0.15, 0.2) is 48.5 Å². The van der Waals surface area contributed by atoms with E-state index in [2.05, 4.69) is 37.5 Å². The zero-order chi connectivity index (χ0) is 21.7. The molecule has 0 aliphatic heterocycles. The summed E-state index contributed by atoms with van der Waals surface area (Å²) in [5.74, 6) is 0.929. The lowest BCUT2D eigenvalue weighted by Gasteiger charge is -2.17. The van der Waals surface area contributed by atoms with E-state index in [9.17, 15) is 4.79 Å². The first kappa shape index (κ1) is 21.5. The van der Waals surface area contributed by atoms with Crippen LogP contribution >= 0.6 is 0 Å². The van der Waals surface area contributed by atoms with Crippen LogP contribution < -0.4 is 9.47 Å². The summed E-state index contributed by atoms with van der Waals surface area (Å²) in [6.07, 6.45) is 0.581. The smallest absolute Gasteiger partial charge is 0.303 e. The lowest BCUT2D eigenvalue weighted by atomic mass is 10.1. The Balaban J connectivity index is 1.83. The maximum Gasteiger partial charge on any atom is 0.303 e. The van der Waals surface area contributed by atoms with Crippen LogP contribution in [0.3, 0.4) is 0 Å². The summed E-state index contributed by atoms with van der Waals surface area (Å²) in [4.78, 5) is 11.1. The number of benzene rings is 2. The average Bonchev–Trinajstić information content (AvgIpc) is 3.11. The molecule has 3 aromatic rings. The fourth-order valence-electron chi connectivity index (χ4n) is 3.87. The predicted molar refractivity (Wildman–Crippen MR) is 119 cm³/mol. The number of carboxylic acids is 1. The first-order valence-corrected chi connectivity index (χ1v) is 10.1. The number of rotatable bonds is 9. The molecule has 0 aliphatic rings. The number of carboxylic acid groups (broad SMARTS) is 1.